The average Bonchev–Trinajstić information content (AvgIpc) is 3.09. The second kappa shape index (κ2) is 6.44. The molecule has 4 nitrogen and oxygen atoms in total. The summed E-state index contributed by atoms with van der Waals surface area (Å²) < 4.78 is 13.8. The predicted octanol–water partition coefficient (Wildman–Crippen LogP) is 2.87. The Bertz CT molecular complexity index is 677. The quantitative estimate of drug-likeness (QED) is 0.738. The number of nitrogens with one attached hydrogen (secondary N) is 2. The highest BCUT2D eigenvalue weighted by Crippen LogP contribution is 2.62. The topological polar surface area (TPSA) is 58.2 Å². The van der Waals surface area contributed by atoms with E-state index in [1.54, 1.807) is 6.92 Å². The van der Waals surface area contributed by atoms with Crippen molar-refractivity contribution in [1.82, 2.24) is 10.6 Å². The number of halogens is 3. The Morgan fingerprint density at radius 2 is 1.88 bits per heavy atom. The largest absolute Gasteiger partial charge is 0.354 e. The van der Waals surface area contributed by atoms with Gasteiger partial charge in [0.05, 0.1) is 5.41 Å². The van der Waals surface area contributed by atoms with E-state index in [0.29, 0.717) is 19.4 Å². The van der Waals surface area contributed by atoms with Gasteiger partial charge in [-0.05, 0) is 25.3 Å². The first-order valence-corrected chi connectivity index (χ1v) is 9.21. The maximum absolute atomic E-state index is 13.8. The molecule has 0 heterocycles. The van der Waals surface area contributed by atoms with Gasteiger partial charge in [0.15, 0.2) is 5.13 Å². The van der Waals surface area contributed by atoms with Crippen molar-refractivity contribution in [2.24, 2.45) is 5.41 Å². The summed E-state index contributed by atoms with van der Waals surface area (Å²) in [5, 5.41) is 3.80. The van der Waals surface area contributed by atoms with Gasteiger partial charge in [-0.15, -0.1) is 11.6 Å². The van der Waals surface area contributed by atoms with Crippen LogP contribution in [0.2, 0.25) is 0 Å². The number of hydrogen-bond donors (Lipinski definition) is 2. The van der Waals surface area contributed by atoms with Crippen molar-refractivity contribution in [2.75, 3.05) is 12.4 Å². The molecule has 1 aromatic rings. The van der Waals surface area contributed by atoms with Crippen LogP contribution in [0.1, 0.15) is 31.7 Å². The van der Waals surface area contributed by atoms with E-state index >= 15 is 0 Å². The van der Waals surface area contributed by atoms with E-state index in [-0.39, 0.29) is 35.6 Å². The van der Waals surface area contributed by atoms with E-state index in [1.165, 1.54) is 0 Å². The first-order chi connectivity index (χ1) is 11.7. The van der Waals surface area contributed by atoms with Crippen LogP contribution in [0, 0.1) is 5.41 Å². The Kier molecular flexibility index (Phi) is 4.75. The number of benzene rings is 1. The second-order valence-electron chi connectivity index (χ2n) is 7.35. The Labute approximate surface area is 156 Å². The summed E-state index contributed by atoms with van der Waals surface area (Å²) >= 11 is 11.2. The summed E-state index contributed by atoms with van der Waals surface area (Å²) in [7, 11) is 0. The van der Waals surface area contributed by atoms with Gasteiger partial charge in [0.25, 0.3) is 0 Å². The zero-order chi connectivity index (χ0) is 18.3. The Balaban J connectivity index is 1.65. The average molecular weight is 387 g/mol. The molecule has 7 heteroatoms. The second-order valence-corrected chi connectivity index (χ2v) is 8.22. The Hall–Kier alpha value is -1.33. The van der Waals surface area contributed by atoms with Gasteiger partial charge in [-0.25, -0.2) is 4.39 Å². The molecule has 136 valence electrons. The van der Waals surface area contributed by atoms with Crippen LogP contribution >= 0.6 is 23.2 Å². The van der Waals surface area contributed by atoms with Crippen LogP contribution in [0.15, 0.2) is 30.3 Å². The fraction of sp³-hybridized carbons (Fsp3) is 0.556. The third kappa shape index (κ3) is 3.36. The van der Waals surface area contributed by atoms with Gasteiger partial charge < -0.3 is 10.6 Å². The number of alkyl halides is 3. The lowest BCUT2D eigenvalue weighted by atomic mass is 9.61. The van der Waals surface area contributed by atoms with E-state index in [1.807, 2.05) is 30.3 Å². The van der Waals surface area contributed by atoms with Gasteiger partial charge in [0, 0.05) is 24.4 Å². The molecule has 0 spiro atoms. The van der Waals surface area contributed by atoms with Crippen molar-refractivity contribution >= 4 is 35.0 Å². The molecule has 0 radical (unpaired) electrons. The summed E-state index contributed by atoms with van der Waals surface area (Å²) in [5.41, 5.74) is -0.295. The lowest BCUT2D eigenvalue weighted by Crippen LogP contribution is -2.58. The van der Waals surface area contributed by atoms with Gasteiger partial charge in [0.1, 0.15) is 5.88 Å². The number of rotatable bonds is 6. The van der Waals surface area contributed by atoms with Crippen LogP contribution in [-0.4, -0.2) is 35.4 Å². The fourth-order valence-corrected chi connectivity index (χ4v) is 4.01. The van der Waals surface area contributed by atoms with Gasteiger partial charge >= 0.3 is 0 Å². The zero-order valence-electron chi connectivity index (χ0n) is 14.0. The summed E-state index contributed by atoms with van der Waals surface area (Å²) in [4.78, 5) is 23.8. The molecule has 2 fully saturated rings. The van der Waals surface area contributed by atoms with E-state index in [0.717, 1.165) is 5.56 Å². The number of carbonyl (C=O) groups excluding carboxylic acids is 2. The van der Waals surface area contributed by atoms with E-state index in [9.17, 15) is 14.0 Å². The molecule has 0 aromatic heterocycles. The van der Waals surface area contributed by atoms with Crippen molar-refractivity contribution in [3.8, 4) is 0 Å². The van der Waals surface area contributed by atoms with Crippen molar-refractivity contribution in [2.45, 2.75) is 42.8 Å². The van der Waals surface area contributed by atoms with Crippen molar-refractivity contribution in [3.05, 3.63) is 35.9 Å². The molecule has 2 aliphatic carbocycles. The van der Waals surface area contributed by atoms with E-state index in [4.69, 9.17) is 23.2 Å². The third-order valence-electron chi connectivity index (χ3n) is 5.50. The van der Waals surface area contributed by atoms with Crippen LogP contribution in [-0.2, 0) is 15.0 Å². The van der Waals surface area contributed by atoms with Gasteiger partial charge in [-0.2, -0.15) is 0 Å². The van der Waals surface area contributed by atoms with Crippen LogP contribution in [0.4, 0.5) is 4.39 Å². The molecule has 2 atom stereocenters. The SMILES string of the molecule is CC1(C(=O)NC2CC(CNC(=O)CCl)(c3ccccc3)C2)CC1(F)Cl. The molecule has 0 bridgehead atoms. The van der Waals surface area contributed by atoms with Crippen LogP contribution in [0.3, 0.4) is 0 Å². The summed E-state index contributed by atoms with van der Waals surface area (Å²) in [6, 6.07) is 9.79. The third-order valence-corrected chi connectivity index (χ3v) is 6.29. The maximum Gasteiger partial charge on any atom is 0.234 e. The molecular formula is C18H21Cl2FN2O2. The first kappa shape index (κ1) is 18.5. The lowest BCUT2D eigenvalue weighted by Gasteiger charge is -2.48. The van der Waals surface area contributed by atoms with Crippen LogP contribution in [0.5, 0.6) is 0 Å². The first-order valence-electron chi connectivity index (χ1n) is 8.29. The molecule has 2 saturated carbocycles. The highest BCUT2D eigenvalue weighted by atomic mass is 35.5. The fourth-order valence-electron chi connectivity index (χ4n) is 3.57. The van der Waals surface area contributed by atoms with Gasteiger partial charge in [-0.3, -0.25) is 9.59 Å². The smallest absolute Gasteiger partial charge is 0.234 e. The monoisotopic (exact) mass is 386 g/mol. The minimum atomic E-state index is -1.94. The van der Waals surface area contributed by atoms with Gasteiger partial charge in [-0.1, -0.05) is 41.9 Å². The van der Waals surface area contributed by atoms with E-state index in [2.05, 4.69) is 10.6 Å². The zero-order valence-corrected chi connectivity index (χ0v) is 15.5. The standard InChI is InChI=1S/C18H21Cl2FN2O2/c1-16(10-18(16,20)21)15(25)23-13-7-17(8-13,11-22-14(24)9-19)12-5-3-2-4-6-12/h2-6,13H,7-11H2,1H3,(H,22,24)(H,23,25). The Morgan fingerprint density at radius 1 is 1.28 bits per heavy atom. The number of amides is 2. The summed E-state index contributed by atoms with van der Waals surface area (Å²) in [5.74, 6) is -0.654. The molecule has 2 amide bonds. The summed E-state index contributed by atoms with van der Waals surface area (Å²) in [6.45, 7) is 1.99. The van der Waals surface area contributed by atoms with Crippen molar-refractivity contribution in [3.63, 3.8) is 0 Å². The van der Waals surface area contributed by atoms with Crippen molar-refractivity contribution in [1.29, 1.82) is 0 Å². The molecule has 3 rings (SSSR count). The number of carbonyl (C=O) groups is 2. The van der Waals surface area contributed by atoms with Crippen LogP contribution < -0.4 is 10.6 Å². The predicted molar refractivity (Wildman–Crippen MR) is 95.4 cm³/mol. The number of hydrogen-bond acceptors (Lipinski definition) is 2. The lowest BCUT2D eigenvalue weighted by molar-refractivity contribution is -0.128. The molecule has 1 aromatic carbocycles. The molecular weight excluding hydrogens is 366 g/mol. The molecule has 25 heavy (non-hydrogen) atoms. The minimum Gasteiger partial charge on any atom is -0.354 e. The molecule has 2 unspecified atom stereocenters. The van der Waals surface area contributed by atoms with Gasteiger partial charge in [0.2, 0.25) is 11.8 Å². The molecule has 0 aliphatic heterocycles. The molecule has 2 aliphatic rings. The summed E-state index contributed by atoms with van der Waals surface area (Å²) in [6.07, 6.45) is 1.38. The molecule has 2 N–H and O–H groups in total. The molecule has 0 saturated heterocycles. The van der Waals surface area contributed by atoms with Crippen LogP contribution in [0.25, 0.3) is 0 Å². The highest BCUT2D eigenvalue weighted by Gasteiger charge is 2.70. The normalized spacial score (nSPS) is 36.2. The van der Waals surface area contributed by atoms with Crippen molar-refractivity contribution < 1.29 is 14.0 Å². The maximum atomic E-state index is 13.8. The Morgan fingerprint density at radius 3 is 2.40 bits per heavy atom. The van der Waals surface area contributed by atoms with E-state index < -0.39 is 10.5 Å². The highest BCUT2D eigenvalue weighted by molar-refractivity contribution is 6.28. The minimum absolute atomic E-state index is 0.0374.